The van der Waals surface area contributed by atoms with E-state index in [0.717, 1.165) is 6.07 Å². The SMILES string of the molecule is O=[N+]([O-])c1ccccc1CC(Br)c1cccc(F)c1F. The first kappa shape index (κ1) is 14.6. The number of rotatable bonds is 4. The summed E-state index contributed by atoms with van der Waals surface area (Å²) < 4.78 is 26.9. The number of nitrogens with zero attached hydrogens (tertiary/aromatic N) is 1. The van der Waals surface area contributed by atoms with Gasteiger partial charge in [-0.05, 0) is 12.5 Å². The van der Waals surface area contributed by atoms with Crippen LogP contribution in [0.3, 0.4) is 0 Å². The molecule has 0 aliphatic rings. The van der Waals surface area contributed by atoms with E-state index in [9.17, 15) is 18.9 Å². The molecule has 0 aliphatic heterocycles. The van der Waals surface area contributed by atoms with E-state index < -0.39 is 21.4 Å². The van der Waals surface area contributed by atoms with Crippen LogP contribution in [0.1, 0.15) is 16.0 Å². The Labute approximate surface area is 122 Å². The molecule has 0 radical (unpaired) electrons. The highest BCUT2D eigenvalue weighted by Crippen LogP contribution is 2.32. The van der Waals surface area contributed by atoms with Crippen molar-refractivity contribution in [3.8, 4) is 0 Å². The Hall–Kier alpha value is -1.82. The highest BCUT2D eigenvalue weighted by molar-refractivity contribution is 9.09. The summed E-state index contributed by atoms with van der Waals surface area (Å²) in [5, 5.41) is 10.9. The van der Waals surface area contributed by atoms with Gasteiger partial charge in [-0.2, -0.15) is 0 Å². The third-order valence-corrected chi connectivity index (χ3v) is 3.72. The summed E-state index contributed by atoms with van der Waals surface area (Å²) in [6.45, 7) is 0. The van der Waals surface area contributed by atoms with Crippen molar-refractivity contribution < 1.29 is 13.7 Å². The molecular weight excluding hydrogens is 332 g/mol. The molecule has 6 heteroatoms. The number of halogens is 3. The van der Waals surface area contributed by atoms with Crippen LogP contribution in [0, 0.1) is 21.7 Å². The molecule has 1 unspecified atom stereocenters. The number of para-hydroxylation sites is 1. The molecule has 1 atom stereocenters. The van der Waals surface area contributed by atoms with Crippen molar-refractivity contribution in [2.75, 3.05) is 0 Å². The van der Waals surface area contributed by atoms with Crippen LogP contribution in [-0.2, 0) is 6.42 Å². The Morgan fingerprint density at radius 2 is 1.85 bits per heavy atom. The van der Waals surface area contributed by atoms with E-state index in [0.29, 0.717) is 5.56 Å². The monoisotopic (exact) mass is 341 g/mol. The smallest absolute Gasteiger partial charge is 0.258 e. The molecule has 0 aliphatic carbocycles. The summed E-state index contributed by atoms with van der Waals surface area (Å²) in [5.41, 5.74) is 0.569. The maximum atomic E-state index is 13.7. The summed E-state index contributed by atoms with van der Waals surface area (Å²) in [6.07, 6.45) is 0.192. The first-order chi connectivity index (χ1) is 9.50. The van der Waals surface area contributed by atoms with Gasteiger partial charge in [-0.1, -0.05) is 46.3 Å². The lowest BCUT2D eigenvalue weighted by Gasteiger charge is -2.12. The maximum Gasteiger partial charge on any atom is 0.272 e. The van der Waals surface area contributed by atoms with Crippen LogP contribution in [0.5, 0.6) is 0 Å². The van der Waals surface area contributed by atoms with Crippen molar-refractivity contribution in [1.82, 2.24) is 0 Å². The maximum absolute atomic E-state index is 13.7. The van der Waals surface area contributed by atoms with E-state index in [1.807, 2.05) is 0 Å². The molecule has 2 aromatic rings. The second-order valence-electron chi connectivity index (χ2n) is 4.20. The zero-order valence-corrected chi connectivity index (χ0v) is 11.8. The minimum Gasteiger partial charge on any atom is -0.258 e. The molecule has 2 aromatic carbocycles. The van der Waals surface area contributed by atoms with Crippen LogP contribution in [0.4, 0.5) is 14.5 Å². The molecule has 0 heterocycles. The van der Waals surface area contributed by atoms with Gasteiger partial charge in [0.2, 0.25) is 0 Å². The lowest BCUT2D eigenvalue weighted by molar-refractivity contribution is -0.385. The zero-order valence-electron chi connectivity index (χ0n) is 10.2. The molecule has 0 N–H and O–H groups in total. The molecule has 20 heavy (non-hydrogen) atoms. The molecule has 0 spiro atoms. The first-order valence-electron chi connectivity index (χ1n) is 5.81. The fourth-order valence-electron chi connectivity index (χ4n) is 1.93. The summed E-state index contributed by atoms with van der Waals surface area (Å²) in [7, 11) is 0. The van der Waals surface area contributed by atoms with Gasteiger partial charge in [0.25, 0.3) is 5.69 Å². The molecule has 104 valence electrons. The highest BCUT2D eigenvalue weighted by Gasteiger charge is 2.20. The molecule has 0 saturated heterocycles. The third kappa shape index (κ3) is 3.01. The molecule has 0 saturated carbocycles. The van der Waals surface area contributed by atoms with Crippen molar-refractivity contribution in [2.24, 2.45) is 0 Å². The Morgan fingerprint density at radius 3 is 2.55 bits per heavy atom. The second-order valence-corrected chi connectivity index (χ2v) is 5.31. The Morgan fingerprint density at radius 1 is 1.15 bits per heavy atom. The number of hydrogen-bond donors (Lipinski definition) is 0. The standard InChI is InChI=1S/C14H10BrF2NO2/c15-11(10-5-3-6-12(16)14(10)17)8-9-4-1-2-7-13(9)18(19)20/h1-7,11H,8H2. The van der Waals surface area contributed by atoms with E-state index in [2.05, 4.69) is 15.9 Å². The van der Waals surface area contributed by atoms with Crippen LogP contribution in [0.15, 0.2) is 42.5 Å². The van der Waals surface area contributed by atoms with Crippen molar-refractivity contribution in [2.45, 2.75) is 11.2 Å². The van der Waals surface area contributed by atoms with Gasteiger partial charge in [-0.3, -0.25) is 10.1 Å². The second kappa shape index (κ2) is 6.09. The predicted molar refractivity (Wildman–Crippen MR) is 74.8 cm³/mol. The Balaban J connectivity index is 2.30. The minimum atomic E-state index is -0.937. The average molecular weight is 342 g/mol. The molecular formula is C14H10BrF2NO2. The highest BCUT2D eigenvalue weighted by atomic mass is 79.9. The van der Waals surface area contributed by atoms with Crippen LogP contribution in [0.25, 0.3) is 0 Å². The lowest BCUT2D eigenvalue weighted by atomic mass is 10.0. The normalized spacial score (nSPS) is 12.2. The Bertz CT molecular complexity index is 649. The molecule has 2 rings (SSSR count). The molecule has 0 bridgehead atoms. The molecule has 0 fully saturated rings. The molecule has 0 amide bonds. The summed E-state index contributed by atoms with van der Waals surface area (Å²) >= 11 is 3.26. The fraction of sp³-hybridized carbons (Fsp3) is 0.143. The van der Waals surface area contributed by atoms with Crippen LogP contribution in [0.2, 0.25) is 0 Å². The van der Waals surface area contributed by atoms with Gasteiger partial charge < -0.3 is 0 Å². The zero-order chi connectivity index (χ0) is 14.7. The number of benzene rings is 2. The van der Waals surface area contributed by atoms with Crippen molar-refractivity contribution >= 4 is 21.6 Å². The summed E-state index contributed by atoms with van der Waals surface area (Å²) in [5.74, 6) is -1.87. The largest absolute Gasteiger partial charge is 0.272 e. The summed E-state index contributed by atoms with van der Waals surface area (Å²) in [6, 6.07) is 10.1. The lowest BCUT2D eigenvalue weighted by Crippen LogP contribution is -2.03. The molecule has 0 aromatic heterocycles. The van der Waals surface area contributed by atoms with Gasteiger partial charge in [-0.25, -0.2) is 8.78 Å². The Kier molecular flexibility index (Phi) is 4.44. The van der Waals surface area contributed by atoms with E-state index in [-0.39, 0.29) is 17.7 Å². The van der Waals surface area contributed by atoms with Crippen LogP contribution >= 0.6 is 15.9 Å². The number of alkyl halides is 1. The van der Waals surface area contributed by atoms with Crippen molar-refractivity contribution in [3.63, 3.8) is 0 Å². The quantitative estimate of drug-likeness (QED) is 0.465. The van der Waals surface area contributed by atoms with Gasteiger partial charge in [-0.15, -0.1) is 0 Å². The topological polar surface area (TPSA) is 43.1 Å². The van der Waals surface area contributed by atoms with Crippen molar-refractivity contribution in [3.05, 3.63) is 75.3 Å². The van der Waals surface area contributed by atoms with E-state index in [1.165, 1.54) is 18.2 Å². The first-order valence-corrected chi connectivity index (χ1v) is 6.72. The van der Waals surface area contributed by atoms with Gasteiger partial charge in [0, 0.05) is 22.0 Å². The van der Waals surface area contributed by atoms with E-state index in [4.69, 9.17) is 0 Å². The van der Waals surface area contributed by atoms with Crippen LogP contribution in [-0.4, -0.2) is 4.92 Å². The average Bonchev–Trinajstić information content (AvgIpc) is 2.42. The number of hydrogen-bond acceptors (Lipinski definition) is 2. The van der Waals surface area contributed by atoms with Crippen LogP contribution < -0.4 is 0 Å². The third-order valence-electron chi connectivity index (χ3n) is 2.91. The predicted octanol–water partition coefficient (Wildman–Crippen LogP) is 4.55. The van der Waals surface area contributed by atoms with Crippen molar-refractivity contribution in [1.29, 1.82) is 0 Å². The van der Waals surface area contributed by atoms with E-state index in [1.54, 1.807) is 18.2 Å². The minimum absolute atomic E-state index is 0.0336. The molecule has 3 nitrogen and oxygen atoms in total. The number of nitro benzene ring substituents is 1. The summed E-state index contributed by atoms with van der Waals surface area (Å²) in [4.78, 5) is 9.89. The van der Waals surface area contributed by atoms with Gasteiger partial charge in [0.15, 0.2) is 11.6 Å². The fourth-order valence-corrected chi connectivity index (χ4v) is 2.63. The van der Waals surface area contributed by atoms with Gasteiger partial charge in [0.05, 0.1) is 4.92 Å². The van der Waals surface area contributed by atoms with Gasteiger partial charge >= 0.3 is 0 Å². The van der Waals surface area contributed by atoms with Gasteiger partial charge in [0.1, 0.15) is 0 Å². The number of nitro groups is 1. The van der Waals surface area contributed by atoms with E-state index >= 15 is 0 Å².